The molecule has 0 N–H and O–H groups in total. The number of rotatable bonds is 3. The Morgan fingerprint density at radius 3 is 1.98 bits per heavy atom. The van der Waals surface area contributed by atoms with Gasteiger partial charge in [0.05, 0.1) is 38.8 Å². The third-order valence-corrected chi connectivity index (χ3v) is 12.1. The van der Waals surface area contributed by atoms with Crippen LogP contribution in [-0.4, -0.2) is 19.1 Å². The highest BCUT2D eigenvalue weighted by atomic mass is 15.0. The fourth-order valence-corrected chi connectivity index (χ4v) is 9.76. The third-order valence-electron chi connectivity index (χ3n) is 12.1. The van der Waals surface area contributed by atoms with Gasteiger partial charge in [0.2, 0.25) is 0 Å². The van der Waals surface area contributed by atoms with Crippen molar-refractivity contribution in [3.05, 3.63) is 181 Å². The van der Waals surface area contributed by atoms with Crippen molar-refractivity contribution >= 4 is 65.4 Å². The van der Waals surface area contributed by atoms with Crippen molar-refractivity contribution in [3.63, 3.8) is 0 Å². The smallest absolute Gasteiger partial charge is 0.0972 e. The van der Waals surface area contributed by atoms with Crippen molar-refractivity contribution < 1.29 is 0 Å². The molecule has 0 amide bonds. The van der Waals surface area contributed by atoms with Crippen LogP contribution in [0.3, 0.4) is 0 Å². The molecule has 0 aliphatic heterocycles. The maximum absolute atomic E-state index is 5.26. The Balaban J connectivity index is 1.25. The summed E-state index contributed by atoms with van der Waals surface area (Å²) in [5.41, 5.74) is 16.1. The summed E-state index contributed by atoms with van der Waals surface area (Å²) in [7, 11) is 0. The summed E-state index contributed by atoms with van der Waals surface area (Å²) in [6.07, 6.45) is 1.85. The Morgan fingerprint density at radius 2 is 1.16 bits per heavy atom. The van der Waals surface area contributed by atoms with Crippen LogP contribution in [0.2, 0.25) is 0 Å². The molecule has 4 aromatic heterocycles. The molecule has 55 heavy (non-hydrogen) atoms. The fraction of sp³-hybridized carbons (Fsp3) is 0.0588. The van der Waals surface area contributed by atoms with E-state index >= 15 is 0 Å². The van der Waals surface area contributed by atoms with E-state index < -0.39 is 0 Å². The molecule has 4 heteroatoms. The second-order valence-corrected chi connectivity index (χ2v) is 15.4. The van der Waals surface area contributed by atoms with Gasteiger partial charge >= 0.3 is 0 Å². The van der Waals surface area contributed by atoms with Crippen molar-refractivity contribution in [3.8, 4) is 33.8 Å². The quantitative estimate of drug-likeness (QED) is 0.172. The third kappa shape index (κ3) is 4.06. The summed E-state index contributed by atoms with van der Waals surface area (Å²) >= 11 is 0. The molecule has 0 bridgehead atoms. The molecule has 258 valence electrons. The first-order valence-electron chi connectivity index (χ1n) is 19.0. The lowest BCUT2D eigenvalue weighted by Crippen LogP contribution is -2.15. The molecule has 1 aliphatic rings. The number of pyridine rings is 2. The zero-order chi connectivity index (χ0) is 36.4. The Kier molecular flexibility index (Phi) is 6.09. The van der Waals surface area contributed by atoms with Crippen LogP contribution in [0.25, 0.3) is 99.2 Å². The standard InChI is InChI=1S/C51H34N4/c1-51(2)39-22-9-6-19-36(39)43-46(51)44-37-20-7-10-23-41(37)54(34-16-4-3-5-17-34)50(44)45-38-21-8-11-24-42(38)55(49(43)45)35-18-12-14-33(30-35)40-28-27-32-26-25-31-15-13-29-52-47(31)48(32)53-40/h3-30H,1-2H3. The first kappa shape index (κ1) is 30.4. The maximum atomic E-state index is 5.26. The lowest BCUT2D eigenvalue weighted by Gasteiger charge is -2.23. The summed E-state index contributed by atoms with van der Waals surface area (Å²) in [6, 6.07) is 59.4. The highest BCUT2D eigenvalue weighted by molar-refractivity contribution is 6.31. The number of para-hydroxylation sites is 3. The molecule has 0 saturated carbocycles. The summed E-state index contributed by atoms with van der Waals surface area (Å²) in [5, 5.41) is 7.30. The topological polar surface area (TPSA) is 35.6 Å². The SMILES string of the molecule is CC1(C)c2ccccc2-c2c1c1c3ccccc3n(-c3ccccc3)c1c1c3ccccc3n(-c3cccc(-c4ccc5ccc6cccnc6c5n4)c3)c21. The van der Waals surface area contributed by atoms with Gasteiger partial charge in [-0.3, -0.25) is 4.98 Å². The molecule has 0 spiro atoms. The molecule has 4 nitrogen and oxygen atoms in total. The minimum atomic E-state index is -0.237. The van der Waals surface area contributed by atoms with E-state index in [-0.39, 0.29) is 5.41 Å². The predicted octanol–water partition coefficient (Wildman–Crippen LogP) is 13.0. The van der Waals surface area contributed by atoms with Crippen LogP contribution in [0.4, 0.5) is 0 Å². The van der Waals surface area contributed by atoms with Gasteiger partial charge in [0.15, 0.2) is 0 Å². The van der Waals surface area contributed by atoms with E-state index in [0.29, 0.717) is 0 Å². The van der Waals surface area contributed by atoms with Crippen LogP contribution in [-0.2, 0) is 5.41 Å². The minimum absolute atomic E-state index is 0.237. The van der Waals surface area contributed by atoms with Gasteiger partial charge in [-0.2, -0.15) is 0 Å². The summed E-state index contributed by atoms with van der Waals surface area (Å²) in [4.78, 5) is 10.00. The Labute approximate surface area is 317 Å². The van der Waals surface area contributed by atoms with E-state index in [1.165, 1.54) is 65.9 Å². The van der Waals surface area contributed by atoms with Crippen LogP contribution < -0.4 is 0 Å². The molecule has 0 fully saturated rings. The van der Waals surface area contributed by atoms with Crippen LogP contribution in [0.15, 0.2) is 170 Å². The molecule has 12 rings (SSSR count). The first-order chi connectivity index (χ1) is 27.1. The number of benzene rings is 7. The molecule has 4 heterocycles. The highest BCUT2D eigenvalue weighted by Crippen LogP contribution is 2.58. The van der Waals surface area contributed by atoms with Crippen molar-refractivity contribution in [1.82, 2.24) is 19.1 Å². The summed E-state index contributed by atoms with van der Waals surface area (Å²) < 4.78 is 5.03. The fourth-order valence-electron chi connectivity index (χ4n) is 9.76. The number of fused-ring (bicyclic) bond motifs is 15. The van der Waals surface area contributed by atoms with Crippen LogP contribution >= 0.6 is 0 Å². The Hall–Kier alpha value is -7.04. The average molecular weight is 703 g/mol. The second kappa shape index (κ2) is 11.0. The van der Waals surface area contributed by atoms with Crippen molar-refractivity contribution in [2.75, 3.05) is 0 Å². The number of aromatic nitrogens is 4. The molecular formula is C51H34N4. The van der Waals surface area contributed by atoms with Gasteiger partial charge in [-0.05, 0) is 65.2 Å². The van der Waals surface area contributed by atoms with Gasteiger partial charge in [0, 0.05) is 66.4 Å². The van der Waals surface area contributed by atoms with Crippen LogP contribution in [0.1, 0.15) is 25.0 Å². The summed E-state index contributed by atoms with van der Waals surface area (Å²) in [5.74, 6) is 0. The highest BCUT2D eigenvalue weighted by Gasteiger charge is 2.41. The van der Waals surface area contributed by atoms with E-state index in [1.807, 2.05) is 12.3 Å². The average Bonchev–Trinajstić information content (AvgIpc) is 3.84. The normalized spacial score (nSPS) is 13.4. The van der Waals surface area contributed by atoms with E-state index in [9.17, 15) is 0 Å². The first-order valence-corrected chi connectivity index (χ1v) is 19.0. The molecule has 0 atom stereocenters. The predicted molar refractivity (Wildman–Crippen MR) is 229 cm³/mol. The van der Waals surface area contributed by atoms with Crippen molar-refractivity contribution in [2.24, 2.45) is 0 Å². The Morgan fingerprint density at radius 1 is 0.509 bits per heavy atom. The van der Waals surface area contributed by atoms with Gasteiger partial charge in [0.25, 0.3) is 0 Å². The number of hydrogen-bond donors (Lipinski definition) is 0. The van der Waals surface area contributed by atoms with Gasteiger partial charge in [-0.1, -0.05) is 129 Å². The van der Waals surface area contributed by atoms with Crippen molar-refractivity contribution in [1.29, 1.82) is 0 Å². The van der Waals surface area contributed by atoms with E-state index in [1.54, 1.807) is 0 Å². The molecule has 0 unspecified atom stereocenters. The van der Waals surface area contributed by atoms with E-state index in [0.717, 1.165) is 44.4 Å². The second-order valence-electron chi connectivity index (χ2n) is 15.4. The minimum Gasteiger partial charge on any atom is -0.309 e. The van der Waals surface area contributed by atoms with E-state index in [2.05, 4.69) is 181 Å². The van der Waals surface area contributed by atoms with Gasteiger partial charge in [-0.15, -0.1) is 0 Å². The van der Waals surface area contributed by atoms with E-state index in [4.69, 9.17) is 9.97 Å². The molecule has 7 aromatic carbocycles. The van der Waals surface area contributed by atoms with Crippen LogP contribution in [0, 0.1) is 0 Å². The zero-order valence-corrected chi connectivity index (χ0v) is 30.5. The zero-order valence-electron chi connectivity index (χ0n) is 30.5. The van der Waals surface area contributed by atoms with Gasteiger partial charge in [0.1, 0.15) is 0 Å². The monoisotopic (exact) mass is 702 g/mol. The molecule has 1 aliphatic carbocycles. The van der Waals surface area contributed by atoms with Crippen LogP contribution in [0.5, 0.6) is 0 Å². The molecule has 0 saturated heterocycles. The number of nitrogens with zero attached hydrogens (tertiary/aromatic N) is 4. The lowest BCUT2D eigenvalue weighted by molar-refractivity contribution is 0.667. The van der Waals surface area contributed by atoms with Gasteiger partial charge in [-0.25, -0.2) is 4.98 Å². The number of hydrogen-bond acceptors (Lipinski definition) is 2. The summed E-state index contributed by atoms with van der Waals surface area (Å²) in [6.45, 7) is 4.82. The Bertz CT molecular complexity index is 3400. The largest absolute Gasteiger partial charge is 0.309 e. The van der Waals surface area contributed by atoms with Gasteiger partial charge < -0.3 is 9.13 Å². The van der Waals surface area contributed by atoms with Crippen molar-refractivity contribution in [2.45, 2.75) is 19.3 Å². The lowest BCUT2D eigenvalue weighted by atomic mass is 9.80. The molecular weight excluding hydrogens is 669 g/mol. The molecule has 0 radical (unpaired) electrons. The molecule has 11 aromatic rings. The maximum Gasteiger partial charge on any atom is 0.0972 e.